The molecule has 0 amide bonds. The lowest BCUT2D eigenvalue weighted by Crippen LogP contribution is -2.62. The molecule has 0 radical (unpaired) electrons. The third-order valence-corrected chi connectivity index (χ3v) is 2.08. The van der Waals surface area contributed by atoms with Gasteiger partial charge in [-0.15, -0.1) is 0 Å². The fourth-order valence-electron chi connectivity index (χ4n) is 1.31. The van der Waals surface area contributed by atoms with E-state index in [0.717, 1.165) is 5.56 Å². The summed E-state index contributed by atoms with van der Waals surface area (Å²) in [6.45, 7) is 1.52. The van der Waals surface area contributed by atoms with Crippen LogP contribution in [0.25, 0.3) is 0 Å². The van der Waals surface area contributed by atoms with Crippen LogP contribution in [0.2, 0.25) is 0 Å². The number of phenols is 1. The molecule has 0 spiro atoms. The molecule has 0 aromatic heterocycles. The van der Waals surface area contributed by atoms with Crippen LogP contribution >= 0.6 is 0 Å². The van der Waals surface area contributed by atoms with Gasteiger partial charge >= 0.3 is 0 Å². The van der Waals surface area contributed by atoms with E-state index in [2.05, 4.69) is 0 Å². The third-order valence-electron chi connectivity index (χ3n) is 2.08. The Morgan fingerprint density at radius 2 is 2.06 bits per heavy atom. The first kappa shape index (κ1) is 13.4. The first-order chi connectivity index (χ1) is 7.78. The molecule has 0 aliphatic heterocycles. The predicted molar refractivity (Wildman–Crippen MR) is 63.0 cm³/mol. The third kappa shape index (κ3) is 4.81. The lowest BCUT2D eigenvalue weighted by atomic mass is 10.1. The zero-order valence-electron chi connectivity index (χ0n) is 9.64. The van der Waals surface area contributed by atoms with E-state index in [4.69, 9.17) is 21.9 Å². The standard InChI is InChI=1S/C11H17N3O3/c1-7(15)2-3-8-4-5-9(16)10(6-8)17-11(12,13)14/h4-6,16H,2-3,12-14H2,1H3. The minimum absolute atomic E-state index is 0.0892. The molecule has 0 aliphatic rings. The van der Waals surface area contributed by atoms with Crippen molar-refractivity contribution in [3.05, 3.63) is 23.8 Å². The molecule has 0 bridgehead atoms. The molecule has 1 aromatic rings. The van der Waals surface area contributed by atoms with E-state index in [0.29, 0.717) is 12.8 Å². The van der Waals surface area contributed by atoms with Crippen molar-refractivity contribution >= 4 is 5.78 Å². The van der Waals surface area contributed by atoms with E-state index < -0.39 is 5.97 Å². The normalized spacial score (nSPS) is 11.3. The van der Waals surface area contributed by atoms with Crippen LogP contribution in [0.1, 0.15) is 18.9 Å². The second kappa shape index (κ2) is 5.13. The second-order valence-electron chi connectivity index (χ2n) is 3.96. The molecule has 7 N–H and O–H groups in total. The molecule has 0 atom stereocenters. The minimum Gasteiger partial charge on any atom is -0.504 e. The molecule has 0 fully saturated rings. The number of nitrogens with two attached hydrogens (primary N) is 3. The van der Waals surface area contributed by atoms with Gasteiger partial charge in [-0.25, -0.2) is 0 Å². The number of ether oxygens (including phenoxy) is 1. The lowest BCUT2D eigenvalue weighted by molar-refractivity contribution is -0.116. The van der Waals surface area contributed by atoms with Crippen molar-refractivity contribution in [3.8, 4) is 11.5 Å². The van der Waals surface area contributed by atoms with Crippen molar-refractivity contribution in [1.29, 1.82) is 0 Å². The van der Waals surface area contributed by atoms with Gasteiger partial charge in [0, 0.05) is 6.42 Å². The number of carbonyl (C=O) groups is 1. The zero-order chi connectivity index (χ0) is 13.1. The zero-order valence-corrected chi connectivity index (χ0v) is 9.64. The summed E-state index contributed by atoms with van der Waals surface area (Å²) in [5, 5.41) is 9.52. The Balaban J connectivity index is 2.83. The van der Waals surface area contributed by atoms with Crippen molar-refractivity contribution in [1.82, 2.24) is 0 Å². The van der Waals surface area contributed by atoms with Crippen molar-refractivity contribution in [2.75, 3.05) is 0 Å². The molecule has 94 valence electrons. The number of hydrogen-bond acceptors (Lipinski definition) is 6. The number of ketones is 1. The quantitative estimate of drug-likeness (QED) is 0.526. The van der Waals surface area contributed by atoms with Crippen molar-refractivity contribution in [2.24, 2.45) is 17.2 Å². The fraction of sp³-hybridized carbons (Fsp3) is 0.364. The van der Waals surface area contributed by atoms with Gasteiger partial charge in [-0.1, -0.05) is 6.07 Å². The Kier molecular flexibility index (Phi) is 4.06. The fourth-order valence-corrected chi connectivity index (χ4v) is 1.31. The maximum atomic E-state index is 10.9. The van der Waals surface area contributed by atoms with Gasteiger partial charge in [0.1, 0.15) is 5.78 Å². The molecule has 0 unspecified atom stereocenters. The summed E-state index contributed by atoms with van der Waals surface area (Å²) in [7, 11) is 0. The Bertz CT molecular complexity index is 413. The molecule has 0 saturated carbocycles. The summed E-state index contributed by atoms with van der Waals surface area (Å²) in [5.41, 5.74) is 16.7. The predicted octanol–water partition coefficient (Wildman–Crippen LogP) is -0.220. The largest absolute Gasteiger partial charge is 0.504 e. The van der Waals surface area contributed by atoms with Gasteiger partial charge in [-0.3, -0.25) is 17.2 Å². The van der Waals surface area contributed by atoms with Gasteiger partial charge in [0.05, 0.1) is 0 Å². The monoisotopic (exact) mass is 239 g/mol. The van der Waals surface area contributed by atoms with Gasteiger partial charge in [0.15, 0.2) is 11.5 Å². The van der Waals surface area contributed by atoms with Gasteiger partial charge in [-0.2, -0.15) is 0 Å². The highest BCUT2D eigenvalue weighted by atomic mass is 16.5. The highest BCUT2D eigenvalue weighted by molar-refractivity contribution is 5.75. The van der Waals surface area contributed by atoms with Crippen LogP contribution < -0.4 is 21.9 Å². The number of phenolic OH excluding ortho intramolecular Hbond substituents is 1. The average Bonchev–Trinajstić information content (AvgIpc) is 2.17. The molecule has 0 aliphatic carbocycles. The lowest BCUT2D eigenvalue weighted by Gasteiger charge is -2.21. The molecule has 1 rings (SSSR count). The Labute approximate surface area is 99.3 Å². The van der Waals surface area contributed by atoms with Crippen molar-refractivity contribution < 1.29 is 14.6 Å². The summed E-state index contributed by atoms with van der Waals surface area (Å²) >= 11 is 0. The molecule has 0 heterocycles. The van der Waals surface area contributed by atoms with Crippen LogP contribution in [0.5, 0.6) is 11.5 Å². The maximum Gasteiger partial charge on any atom is 0.271 e. The van der Waals surface area contributed by atoms with E-state index in [-0.39, 0.29) is 17.3 Å². The van der Waals surface area contributed by atoms with Crippen LogP contribution in [-0.4, -0.2) is 16.9 Å². The van der Waals surface area contributed by atoms with Crippen LogP contribution in [0.15, 0.2) is 18.2 Å². The second-order valence-corrected chi connectivity index (χ2v) is 3.96. The number of hydrogen-bond donors (Lipinski definition) is 4. The molecular weight excluding hydrogens is 222 g/mol. The van der Waals surface area contributed by atoms with Crippen LogP contribution in [0.4, 0.5) is 0 Å². The summed E-state index contributed by atoms with van der Waals surface area (Å²) in [6, 6.07) is 4.69. The van der Waals surface area contributed by atoms with Crippen LogP contribution in [0, 0.1) is 0 Å². The minimum atomic E-state index is -1.85. The van der Waals surface area contributed by atoms with E-state index in [1.807, 2.05) is 0 Å². The average molecular weight is 239 g/mol. The summed E-state index contributed by atoms with van der Waals surface area (Å²) < 4.78 is 4.98. The number of aromatic hydroxyl groups is 1. The van der Waals surface area contributed by atoms with E-state index in [1.165, 1.54) is 13.0 Å². The number of aryl methyl sites for hydroxylation is 1. The van der Waals surface area contributed by atoms with Gasteiger partial charge < -0.3 is 14.6 Å². The summed E-state index contributed by atoms with van der Waals surface area (Å²) in [6.07, 6.45) is 0.974. The Hall–Kier alpha value is -1.63. The molecule has 17 heavy (non-hydrogen) atoms. The maximum absolute atomic E-state index is 10.9. The number of rotatable bonds is 5. The van der Waals surface area contributed by atoms with E-state index in [1.54, 1.807) is 12.1 Å². The highest BCUT2D eigenvalue weighted by Gasteiger charge is 2.16. The van der Waals surface area contributed by atoms with Crippen molar-refractivity contribution in [2.45, 2.75) is 25.7 Å². The first-order valence-electron chi connectivity index (χ1n) is 5.15. The molecular formula is C11H17N3O3. The van der Waals surface area contributed by atoms with Crippen molar-refractivity contribution in [3.63, 3.8) is 0 Å². The summed E-state index contributed by atoms with van der Waals surface area (Å²) in [5.74, 6) is -1.77. The number of Topliss-reactive ketones (excluding diaryl/α,β-unsaturated/α-hetero) is 1. The van der Waals surface area contributed by atoms with E-state index >= 15 is 0 Å². The first-order valence-corrected chi connectivity index (χ1v) is 5.15. The molecule has 6 nitrogen and oxygen atoms in total. The highest BCUT2D eigenvalue weighted by Crippen LogP contribution is 2.28. The number of benzene rings is 1. The Morgan fingerprint density at radius 3 is 2.59 bits per heavy atom. The molecule has 6 heteroatoms. The van der Waals surface area contributed by atoms with E-state index in [9.17, 15) is 9.90 Å². The van der Waals surface area contributed by atoms with Gasteiger partial charge in [0.2, 0.25) is 0 Å². The Morgan fingerprint density at radius 1 is 1.41 bits per heavy atom. The van der Waals surface area contributed by atoms with Crippen LogP contribution in [0.3, 0.4) is 0 Å². The molecule has 0 saturated heterocycles. The smallest absolute Gasteiger partial charge is 0.271 e. The van der Waals surface area contributed by atoms with Gasteiger partial charge in [0.25, 0.3) is 5.97 Å². The SMILES string of the molecule is CC(=O)CCc1ccc(O)c(OC(N)(N)N)c1. The molecule has 1 aromatic carbocycles. The van der Waals surface area contributed by atoms with Gasteiger partial charge in [-0.05, 0) is 31.0 Å². The number of carbonyl (C=O) groups excluding carboxylic acids is 1. The summed E-state index contributed by atoms with van der Waals surface area (Å²) in [4.78, 5) is 10.9. The topological polar surface area (TPSA) is 125 Å². The van der Waals surface area contributed by atoms with Crippen LogP contribution in [-0.2, 0) is 11.2 Å².